The van der Waals surface area contributed by atoms with Crippen molar-refractivity contribution in [1.29, 1.82) is 0 Å². The third kappa shape index (κ3) is 4.38. The SMILES string of the molecule is COC=C(CC(C)O)C(=O)O. The lowest BCUT2D eigenvalue weighted by atomic mass is 10.1. The van der Waals surface area contributed by atoms with Crippen molar-refractivity contribution in [1.82, 2.24) is 0 Å². The Morgan fingerprint density at radius 2 is 2.27 bits per heavy atom. The molecule has 0 saturated carbocycles. The fourth-order valence-electron chi connectivity index (χ4n) is 0.646. The predicted molar refractivity (Wildman–Crippen MR) is 39.0 cm³/mol. The van der Waals surface area contributed by atoms with Gasteiger partial charge in [-0.1, -0.05) is 0 Å². The number of carboxylic acid groups (broad SMARTS) is 1. The molecule has 0 amide bonds. The maximum atomic E-state index is 10.4. The van der Waals surface area contributed by atoms with Crippen LogP contribution in [-0.4, -0.2) is 29.4 Å². The number of ether oxygens (including phenoxy) is 1. The van der Waals surface area contributed by atoms with E-state index < -0.39 is 12.1 Å². The topological polar surface area (TPSA) is 66.8 Å². The van der Waals surface area contributed by atoms with Gasteiger partial charge >= 0.3 is 5.97 Å². The van der Waals surface area contributed by atoms with Crippen LogP contribution in [0.4, 0.5) is 0 Å². The van der Waals surface area contributed by atoms with E-state index in [-0.39, 0.29) is 12.0 Å². The van der Waals surface area contributed by atoms with Crippen LogP contribution in [0.25, 0.3) is 0 Å². The minimum Gasteiger partial charge on any atom is -0.504 e. The molecule has 0 heterocycles. The zero-order chi connectivity index (χ0) is 8.85. The highest BCUT2D eigenvalue weighted by atomic mass is 16.5. The Bertz CT molecular complexity index is 160. The van der Waals surface area contributed by atoms with Gasteiger partial charge in [-0.25, -0.2) is 4.79 Å². The monoisotopic (exact) mass is 160 g/mol. The number of aliphatic hydroxyl groups is 1. The first-order chi connectivity index (χ1) is 5.07. The van der Waals surface area contributed by atoms with E-state index in [9.17, 15) is 4.79 Å². The summed E-state index contributed by atoms with van der Waals surface area (Å²) in [5.74, 6) is -1.06. The number of carbonyl (C=O) groups is 1. The molecule has 0 aromatic rings. The van der Waals surface area contributed by atoms with Crippen molar-refractivity contribution < 1.29 is 19.7 Å². The molecule has 0 aliphatic rings. The standard InChI is InChI=1S/C7H12O4/c1-5(8)3-6(4-11-2)7(9)10/h4-5,8H,3H2,1-2H3,(H,9,10). The molecular weight excluding hydrogens is 148 g/mol. The molecule has 0 spiro atoms. The van der Waals surface area contributed by atoms with Crippen molar-refractivity contribution >= 4 is 5.97 Å². The van der Waals surface area contributed by atoms with Crippen LogP contribution in [0.5, 0.6) is 0 Å². The van der Waals surface area contributed by atoms with Crippen LogP contribution in [0.1, 0.15) is 13.3 Å². The van der Waals surface area contributed by atoms with Crippen molar-refractivity contribution in [3.63, 3.8) is 0 Å². The number of carboxylic acids is 1. The van der Waals surface area contributed by atoms with E-state index in [4.69, 9.17) is 10.2 Å². The fourth-order valence-corrected chi connectivity index (χ4v) is 0.646. The smallest absolute Gasteiger partial charge is 0.334 e. The molecule has 0 rings (SSSR count). The predicted octanol–water partition coefficient (Wildman–Crippen LogP) is 0.372. The molecule has 0 saturated heterocycles. The van der Waals surface area contributed by atoms with Gasteiger partial charge in [0.2, 0.25) is 0 Å². The molecular formula is C7H12O4. The Morgan fingerprint density at radius 3 is 2.55 bits per heavy atom. The first-order valence-electron chi connectivity index (χ1n) is 3.21. The first-order valence-corrected chi connectivity index (χ1v) is 3.21. The summed E-state index contributed by atoms with van der Waals surface area (Å²) >= 11 is 0. The molecule has 1 unspecified atom stereocenters. The van der Waals surface area contributed by atoms with Gasteiger partial charge in [0, 0.05) is 6.42 Å². The summed E-state index contributed by atoms with van der Waals surface area (Å²) in [7, 11) is 1.37. The molecule has 11 heavy (non-hydrogen) atoms. The summed E-state index contributed by atoms with van der Waals surface area (Å²) < 4.78 is 4.51. The molecule has 0 fully saturated rings. The van der Waals surface area contributed by atoms with Crippen molar-refractivity contribution in [2.75, 3.05) is 7.11 Å². The normalized spacial score (nSPS) is 14.3. The zero-order valence-corrected chi connectivity index (χ0v) is 6.57. The van der Waals surface area contributed by atoms with Crippen LogP contribution in [0.3, 0.4) is 0 Å². The summed E-state index contributed by atoms with van der Waals surface area (Å²) in [6.07, 6.45) is 0.561. The van der Waals surface area contributed by atoms with Crippen LogP contribution in [0.15, 0.2) is 11.8 Å². The summed E-state index contributed by atoms with van der Waals surface area (Å²) in [6, 6.07) is 0. The largest absolute Gasteiger partial charge is 0.504 e. The van der Waals surface area contributed by atoms with Crippen molar-refractivity contribution in [2.45, 2.75) is 19.4 Å². The lowest BCUT2D eigenvalue weighted by molar-refractivity contribution is -0.133. The third-order valence-corrected chi connectivity index (χ3v) is 1.05. The quantitative estimate of drug-likeness (QED) is 0.460. The summed E-state index contributed by atoms with van der Waals surface area (Å²) in [5, 5.41) is 17.3. The molecule has 0 aromatic carbocycles. The van der Waals surface area contributed by atoms with E-state index in [1.807, 2.05) is 0 Å². The van der Waals surface area contributed by atoms with Crippen molar-refractivity contribution in [3.05, 3.63) is 11.8 Å². The van der Waals surface area contributed by atoms with E-state index in [2.05, 4.69) is 4.74 Å². The van der Waals surface area contributed by atoms with Gasteiger partial charge in [0.25, 0.3) is 0 Å². The van der Waals surface area contributed by atoms with E-state index in [0.29, 0.717) is 0 Å². The summed E-state index contributed by atoms with van der Waals surface area (Å²) in [4.78, 5) is 10.4. The van der Waals surface area contributed by atoms with Gasteiger partial charge in [0.05, 0.1) is 25.0 Å². The van der Waals surface area contributed by atoms with E-state index in [1.54, 1.807) is 0 Å². The molecule has 4 nitrogen and oxygen atoms in total. The van der Waals surface area contributed by atoms with Gasteiger partial charge in [-0.2, -0.15) is 0 Å². The number of hydrogen-bond donors (Lipinski definition) is 2. The highest BCUT2D eigenvalue weighted by Crippen LogP contribution is 2.05. The second-order valence-corrected chi connectivity index (χ2v) is 2.24. The lowest BCUT2D eigenvalue weighted by Gasteiger charge is -2.03. The Balaban J connectivity index is 4.12. The van der Waals surface area contributed by atoms with E-state index in [1.165, 1.54) is 14.0 Å². The number of rotatable bonds is 4. The molecule has 2 N–H and O–H groups in total. The second-order valence-electron chi connectivity index (χ2n) is 2.24. The van der Waals surface area contributed by atoms with Gasteiger partial charge in [0.15, 0.2) is 0 Å². The highest BCUT2D eigenvalue weighted by molar-refractivity contribution is 5.86. The molecule has 0 aliphatic heterocycles. The van der Waals surface area contributed by atoms with Gasteiger partial charge in [-0.15, -0.1) is 0 Å². The molecule has 0 aliphatic carbocycles. The first kappa shape index (κ1) is 9.97. The summed E-state index contributed by atoms with van der Waals surface area (Å²) in [5.41, 5.74) is 0.0718. The maximum absolute atomic E-state index is 10.4. The molecule has 64 valence electrons. The molecule has 1 atom stereocenters. The Morgan fingerprint density at radius 1 is 1.73 bits per heavy atom. The third-order valence-electron chi connectivity index (χ3n) is 1.05. The number of methoxy groups -OCH3 is 1. The van der Waals surface area contributed by atoms with Gasteiger partial charge in [-0.05, 0) is 6.92 Å². The van der Waals surface area contributed by atoms with E-state index in [0.717, 1.165) is 6.26 Å². The van der Waals surface area contributed by atoms with Gasteiger partial charge < -0.3 is 14.9 Å². The molecule has 4 heteroatoms. The minimum absolute atomic E-state index is 0.0718. The van der Waals surface area contributed by atoms with Crippen molar-refractivity contribution in [3.8, 4) is 0 Å². The average molecular weight is 160 g/mol. The fraction of sp³-hybridized carbons (Fsp3) is 0.571. The minimum atomic E-state index is -1.06. The molecule has 0 bridgehead atoms. The maximum Gasteiger partial charge on any atom is 0.334 e. The lowest BCUT2D eigenvalue weighted by Crippen LogP contribution is -2.09. The number of aliphatic carboxylic acids is 1. The summed E-state index contributed by atoms with van der Waals surface area (Å²) in [6.45, 7) is 1.52. The van der Waals surface area contributed by atoms with Crippen LogP contribution in [0.2, 0.25) is 0 Å². The zero-order valence-electron chi connectivity index (χ0n) is 6.57. The van der Waals surface area contributed by atoms with Crippen LogP contribution < -0.4 is 0 Å². The van der Waals surface area contributed by atoms with Gasteiger partial charge in [0.1, 0.15) is 0 Å². The van der Waals surface area contributed by atoms with Crippen LogP contribution in [-0.2, 0) is 9.53 Å². The van der Waals surface area contributed by atoms with E-state index >= 15 is 0 Å². The molecule has 0 radical (unpaired) electrons. The Kier molecular flexibility index (Phi) is 4.29. The molecule has 0 aromatic heterocycles. The van der Waals surface area contributed by atoms with Crippen LogP contribution in [0, 0.1) is 0 Å². The number of hydrogen-bond acceptors (Lipinski definition) is 3. The average Bonchev–Trinajstić information content (AvgIpc) is 1.86. The Labute approximate surface area is 65.1 Å². The van der Waals surface area contributed by atoms with Crippen molar-refractivity contribution in [2.24, 2.45) is 0 Å². The highest BCUT2D eigenvalue weighted by Gasteiger charge is 2.09. The second kappa shape index (κ2) is 4.73. The van der Waals surface area contributed by atoms with Gasteiger partial charge in [-0.3, -0.25) is 0 Å². The number of aliphatic hydroxyl groups excluding tert-OH is 1. The van der Waals surface area contributed by atoms with Crippen LogP contribution >= 0.6 is 0 Å². The Hall–Kier alpha value is -1.03.